The first-order valence-corrected chi connectivity index (χ1v) is 9.06. The van der Waals surface area contributed by atoms with Crippen molar-refractivity contribution in [3.63, 3.8) is 0 Å². The molecule has 2 N–H and O–H groups in total. The Morgan fingerprint density at radius 2 is 2.00 bits per heavy atom. The second-order valence-electron chi connectivity index (χ2n) is 6.91. The van der Waals surface area contributed by atoms with Crippen LogP contribution in [0.4, 0.5) is 0 Å². The van der Waals surface area contributed by atoms with Gasteiger partial charge in [0.25, 0.3) is 5.91 Å². The zero-order chi connectivity index (χ0) is 19.0. The molecule has 3 aromatic rings. The second kappa shape index (κ2) is 6.83. The summed E-state index contributed by atoms with van der Waals surface area (Å²) in [6.07, 6.45) is 2.31. The molecule has 1 aliphatic rings. The van der Waals surface area contributed by atoms with Gasteiger partial charge in [-0.05, 0) is 51.8 Å². The van der Waals surface area contributed by atoms with Crippen molar-refractivity contribution in [3.05, 3.63) is 64.7 Å². The maximum atomic E-state index is 12.3. The molecular formula is C20H22N6O. The summed E-state index contributed by atoms with van der Waals surface area (Å²) in [5.74, 6) is 0.210. The fraction of sp³-hybridized carbons (Fsp3) is 0.300. The van der Waals surface area contributed by atoms with E-state index in [4.69, 9.17) is 0 Å². The summed E-state index contributed by atoms with van der Waals surface area (Å²) in [7, 11) is 0. The largest absolute Gasteiger partial charge is 0.291 e. The molecule has 2 aromatic heterocycles. The van der Waals surface area contributed by atoms with Gasteiger partial charge in [-0.25, -0.2) is 10.1 Å². The maximum Gasteiger partial charge on any atom is 0.291 e. The van der Waals surface area contributed by atoms with Crippen LogP contribution in [0, 0.1) is 13.8 Å². The fourth-order valence-corrected chi connectivity index (χ4v) is 3.29. The third kappa shape index (κ3) is 3.40. The Hall–Kier alpha value is -3.22. The third-order valence-electron chi connectivity index (χ3n) is 4.83. The van der Waals surface area contributed by atoms with E-state index in [9.17, 15) is 4.79 Å². The molecule has 0 unspecified atom stereocenters. The molecule has 0 spiro atoms. The molecule has 0 bridgehead atoms. The standard InChI is InChI=1S/C20H22N6O/c1-12(21-24-20(27)18-11-17(22-23-18)15-9-10-15)19-13(2)25-26(14(19)3)16-7-5-4-6-8-16/h4-8,11,15H,9-10H2,1-3H3,(H,22,23)(H,24,27)/b21-12+. The summed E-state index contributed by atoms with van der Waals surface area (Å²) in [6.45, 7) is 5.81. The van der Waals surface area contributed by atoms with Crippen LogP contribution < -0.4 is 5.43 Å². The lowest BCUT2D eigenvalue weighted by molar-refractivity contribution is 0.0950. The number of benzene rings is 1. The van der Waals surface area contributed by atoms with E-state index in [1.54, 1.807) is 0 Å². The summed E-state index contributed by atoms with van der Waals surface area (Å²) in [6, 6.07) is 11.8. The van der Waals surface area contributed by atoms with Gasteiger partial charge in [0.1, 0.15) is 0 Å². The number of nitrogens with zero attached hydrogens (tertiary/aromatic N) is 4. The summed E-state index contributed by atoms with van der Waals surface area (Å²) >= 11 is 0. The average Bonchev–Trinajstić information content (AvgIpc) is 3.32. The van der Waals surface area contributed by atoms with Crippen molar-refractivity contribution in [1.82, 2.24) is 25.4 Å². The minimum absolute atomic E-state index is 0.316. The Labute approximate surface area is 157 Å². The number of nitrogens with one attached hydrogen (secondary N) is 2. The number of H-pyrrole nitrogens is 1. The number of amides is 1. The van der Waals surface area contributed by atoms with Crippen molar-refractivity contribution in [2.75, 3.05) is 0 Å². The van der Waals surface area contributed by atoms with Gasteiger partial charge in [-0.1, -0.05) is 18.2 Å². The van der Waals surface area contributed by atoms with Gasteiger partial charge in [0.05, 0.1) is 22.8 Å². The van der Waals surface area contributed by atoms with E-state index in [1.807, 2.05) is 61.9 Å². The lowest BCUT2D eigenvalue weighted by Gasteiger charge is -2.05. The zero-order valence-electron chi connectivity index (χ0n) is 15.7. The highest BCUT2D eigenvalue weighted by Gasteiger charge is 2.26. The van der Waals surface area contributed by atoms with Crippen molar-refractivity contribution < 1.29 is 4.79 Å². The number of para-hydroxylation sites is 1. The van der Waals surface area contributed by atoms with Crippen LogP contribution in [0.25, 0.3) is 5.69 Å². The van der Waals surface area contributed by atoms with Crippen molar-refractivity contribution >= 4 is 11.6 Å². The minimum Gasteiger partial charge on any atom is -0.281 e. The van der Waals surface area contributed by atoms with Gasteiger partial charge in [-0.2, -0.15) is 15.3 Å². The molecule has 1 saturated carbocycles. The Kier molecular flexibility index (Phi) is 4.35. The first-order valence-electron chi connectivity index (χ1n) is 9.06. The molecule has 0 radical (unpaired) electrons. The Bertz CT molecular complexity index is 1010. The van der Waals surface area contributed by atoms with Crippen molar-refractivity contribution in [2.24, 2.45) is 5.10 Å². The lowest BCUT2D eigenvalue weighted by Crippen LogP contribution is -2.20. The topological polar surface area (TPSA) is 88.0 Å². The third-order valence-corrected chi connectivity index (χ3v) is 4.83. The molecular weight excluding hydrogens is 340 g/mol. The Balaban J connectivity index is 1.54. The SMILES string of the molecule is C/C(=N\NC(=O)c1cc(C2CC2)[nH]n1)c1c(C)nn(-c2ccccc2)c1C. The van der Waals surface area contributed by atoms with Crippen LogP contribution in [0.15, 0.2) is 41.5 Å². The molecule has 0 saturated heterocycles. The summed E-state index contributed by atoms with van der Waals surface area (Å²) in [5.41, 5.74) is 8.46. The van der Waals surface area contributed by atoms with Crippen molar-refractivity contribution in [3.8, 4) is 5.69 Å². The van der Waals surface area contributed by atoms with E-state index in [-0.39, 0.29) is 5.91 Å². The van der Waals surface area contributed by atoms with Crippen molar-refractivity contribution in [1.29, 1.82) is 0 Å². The molecule has 0 aliphatic heterocycles. The van der Waals surface area contributed by atoms with Gasteiger partial charge in [-0.15, -0.1) is 0 Å². The van der Waals surface area contributed by atoms with Crippen LogP contribution in [0.1, 0.15) is 58.8 Å². The quantitative estimate of drug-likeness (QED) is 0.539. The summed E-state index contributed by atoms with van der Waals surface area (Å²) in [4.78, 5) is 12.3. The zero-order valence-corrected chi connectivity index (χ0v) is 15.7. The Morgan fingerprint density at radius 3 is 2.70 bits per heavy atom. The van der Waals surface area contributed by atoms with Gasteiger partial charge >= 0.3 is 0 Å². The minimum atomic E-state index is -0.316. The summed E-state index contributed by atoms with van der Waals surface area (Å²) in [5, 5.41) is 15.9. The predicted molar refractivity (Wildman–Crippen MR) is 103 cm³/mol. The lowest BCUT2D eigenvalue weighted by atomic mass is 10.1. The van der Waals surface area contributed by atoms with Crippen molar-refractivity contribution in [2.45, 2.75) is 39.5 Å². The molecule has 1 amide bonds. The number of aromatic amines is 1. The molecule has 0 atom stereocenters. The van der Waals surface area contributed by atoms with E-state index in [0.717, 1.165) is 41.2 Å². The number of hydrogen-bond donors (Lipinski definition) is 2. The number of aromatic nitrogens is 4. The molecule has 1 fully saturated rings. The van der Waals surface area contributed by atoms with E-state index in [2.05, 4.69) is 25.8 Å². The molecule has 7 nitrogen and oxygen atoms in total. The molecule has 2 heterocycles. The number of carbonyl (C=O) groups is 1. The smallest absolute Gasteiger partial charge is 0.281 e. The van der Waals surface area contributed by atoms with Crippen LogP contribution in [0.2, 0.25) is 0 Å². The van der Waals surface area contributed by atoms with Crippen LogP contribution in [0.3, 0.4) is 0 Å². The van der Waals surface area contributed by atoms with Crippen LogP contribution in [-0.4, -0.2) is 31.6 Å². The molecule has 138 valence electrons. The van der Waals surface area contributed by atoms with Gasteiger partial charge in [-0.3, -0.25) is 9.89 Å². The summed E-state index contributed by atoms with van der Waals surface area (Å²) < 4.78 is 1.89. The maximum absolute atomic E-state index is 12.3. The fourth-order valence-electron chi connectivity index (χ4n) is 3.29. The first kappa shape index (κ1) is 17.2. The highest BCUT2D eigenvalue weighted by atomic mass is 16.2. The number of hydrogen-bond acceptors (Lipinski definition) is 4. The van der Waals surface area contributed by atoms with E-state index < -0.39 is 0 Å². The van der Waals surface area contributed by atoms with Gasteiger partial charge in [0.15, 0.2) is 5.69 Å². The monoisotopic (exact) mass is 362 g/mol. The number of hydrazone groups is 1. The van der Waals surface area contributed by atoms with Gasteiger partial charge in [0.2, 0.25) is 0 Å². The predicted octanol–water partition coefficient (Wildman–Crippen LogP) is 3.24. The average molecular weight is 362 g/mol. The first-order chi connectivity index (χ1) is 13.0. The van der Waals surface area contributed by atoms with E-state index in [1.165, 1.54) is 0 Å². The highest BCUT2D eigenvalue weighted by Crippen LogP contribution is 2.38. The molecule has 4 rings (SSSR count). The van der Waals surface area contributed by atoms with E-state index >= 15 is 0 Å². The molecule has 27 heavy (non-hydrogen) atoms. The van der Waals surface area contributed by atoms with Crippen LogP contribution in [0.5, 0.6) is 0 Å². The van der Waals surface area contributed by atoms with Gasteiger partial charge < -0.3 is 0 Å². The second-order valence-corrected chi connectivity index (χ2v) is 6.91. The molecule has 7 heteroatoms. The van der Waals surface area contributed by atoms with Gasteiger partial charge in [0, 0.05) is 17.2 Å². The Morgan fingerprint density at radius 1 is 1.26 bits per heavy atom. The van der Waals surface area contributed by atoms with E-state index in [0.29, 0.717) is 17.3 Å². The van der Waals surface area contributed by atoms with Crippen LogP contribution in [-0.2, 0) is 0 Å². The highest BCUT2D eigenvalue weighted by molar-refractivity contribution is 6.02. The molecule has 1 aliphatic carbocycles. The molecule has 1 aromatic carbocycles. The number of aryl methyl sites for hydroxylation is 1. The normalized spacial score (nSPS) is 14.4. The number of carbonyl (C=O) groups excluding carboxylic acids is 1. The van der Waals surface area contributed by atoms with Crippen LogP contribution >= 0.6 is 0 Å². The number of rotatable bonds is 5.